The average Bonchev–Trinajstić information content (AvgIpc) is 2.88. The van der Waals surface area contributed by atoms with Gasteiger partial charge in [-0.3, -0.25) is 4.98 Å². The molecule has 0 amide bonds. The van der Waals surface area contributed by atoms with Crippen LogP contribution < -0.4 is 15.5 Å². The molecule has 0 saturated carbocycles. The Bertz CT molecular complexity index is 1030. The van der Waals surface area contributed by atoms with E-state index in [1.165, 1.54) is 0 Å². The maximum absolute atomic E-state index is 5.80. The summed E-state index contributed by atoms with van der Waals surface area (Å²) in [5, 5.41) is 6.77. The summed E-state index contributed by atoms with van der Waals surface area (Å²) in [7, 11) is 2.10. The lowest BCUT2D eigenvalue weighted by Gasteiger charge is -2.32. The zero-order valence-corrected chi connectivity index (χ0v) is 18.3. The van der Waals surface area contributed by atoms with Crippen molar-refractivity contribution in [1.82, 2.24) is 25.3 Å². The lowest BCUT2D eigenvalue weighted by molar-refractivity contribution is 0.0372. The van der Waals surface area contributed by atoms with Crippen LogP contribution in [-0.2, 0) is 9.47 Å². The normalized spacial score (nSPS) is 19.7. The summed E-state index contributed by atoms with van der Waals surface area (Å²) in [5.41, 5.74) is 3.31. The van der Waals surface area contributed by atoms with Crippen LogP contribution in [0, 0.1) is 0 Å². The fourth-order valence-corrected chi connectivity index (χ4v) is 4.21. The first-order valence-corrected chi connectivity index (χ1v) is 11.2. The molecule has 2 fully saturated rings. The van der Waals surface area contributed by atoms with Gasteiger partial charge in [-0.05, 0) is 31.0 Å². The molecule has 2 saturated heterocycles. The van der Waals surface area contributed by atoms with E-state index in [1.807, 2.05) is 12.3 Å². The number of ether oxygens (including phenoxy) is 2. The molecule has 0 aromatic carbocycles. The minimum absolute atomic E-state index is 0.0996. The standard InChI is InChI=1S/C23H29N7O2/c1-30(17-4-9-31-10-5-17)21-3-2-16(13-27-21)19-12-20-22(26-7-6-25-20)23(29-19)28-15-18-14-24-8-11-32-18/h2-3,6-7,12-13,17-18,24H,4-5,8-11,14-15H2,1H3,(H,28,29). The number of nitrogens with one attached hydrogen (secondary N) is 2. The lowest BCUT2D eigenvalue weighted by Crippen LogP contribution is -2.42. The van der Waals surface area contributed by atoms with Crippen molar-refractivity contribution in [2.75, 3.05) is 56.7 Å². The van der Waals surface area contributed by atoms with E-state index in [9.17, 15) is 0 Å². The first kappa shape index (κ1) is 21.0. The number of hydrogen-bond donors (Lipinski definition) is 2. The maximum Gasteiger partial charge on any atom is 0.154 e. The zero-order chi connectivity index (χ0) is 21.8. The Hall–Kier alpha value is -2.88. The minimum atomic E-state index is 0.0996. The average molecular weight is 436 g/mol. The molecule has 5 heterocycles. The van der Waals surface area contributed by atoms with Gasteiger partial charge in [0, 0.05) is 70.1 Å². The Kier molecular flexibility index (Phi) is 6.38. The first-order valence-electron chi connectivity index (χ1n) is 11.2. The van der Waals surface area contributed by atoms with Gasteiger partial charge >= 0.3 is 0 Å². The zero-order valence-electron chi connectivity index (χ0n) is 18.3. The van der Waals surface area contributed by atoms with E-state index in [-0.39, 0.29) is 6.10 Å². The van der Waals surface area contributed by atoms with Crippen molar-refractivity contribution in [2.45, 2.75) is 25.0 Å². The number of nitrogens with zero attached hydrogens (tertiary/aromatic N) is 5. The summed E-state index contributed by atoms with van der Waals surface area (Å²) in [5.74, 6) is 1.67. The highest BCUT2D eigenvalue weighted by molar-refractivity contribution is 5.88. The second-order valence-corrected chi connectivity index (χ2v) is 8.22. The molecule has 3 aromatic rings. The van der Waals surface area contributed by atoms with Crippen molar-refractivity contribution in [1.29, 1.82) is 0 Å². The summed E-state index contributed by atoms with van der Waals surface area (Å²) in [6.45, 7) is 4.72. The van der Waals surface area contributed by atoms with Crippen LogP contribution >= 0.6 is 0 Å². The SMILES string of the molecule is CN(c1ccc(-c2cc3nccnc3c(NCC3CNCCO3)n2)cn1)C1CCOCC1. The van der Waals surface area contributed by atoms with E-state index < -0.39 is 0 Å². The molecule has 1 unspecified atom stereocenters. The Morgan fingerprint density at radius 3 is 2.78 bits per heavy atom. The van der Waals surface area contributed by atoms with E-state index in [0.717, 1.165) is 73.9 Å². The summed E-state index contributed by atoms with van der Waals surface area (Å²) in [4.78, 5) is 20.8. The topological polar surface area (TPSA) is 97.3 Å². The Morgan fingerprint density at radius 1 is 1.12 bits per heavy atom. The summed E-state index contributed by atoms with van der Waals surface area (Å²) in [6, 6.07) is 6.55. The van der Waals surface area contributed by atoms with Crippen LogP contribution in [0.2, 0.25) is 0 Å². The molecule has 9 heteroatoms. The van der Waals surface area contributed by atoms with Gasteiger partial charge in [-0.2, -0.15) is 0 Å². The number of rotatable bonds is 6. The predicted octanol–water partition coefficient (Wildman–Crippen LogP) is 2.10. The highest BCUT2D eigenvalue weighted by atomic mass is 16.5. The van der Waals surface area contributed by atoms with Crippen molar-refractivity contribution in [3.05, 3.63) is 36.8 Å². The molecule has 2 aliphatic heterocycles. The van der Waals surface area contributed by atoms with Crippen molar-refractivity contribution < 1.29 is 9.47 Å². The molecular weight excluding hydrogens is 406 g/mol. The predicted molar refractivity (Wildman–Crippen MR) is 124 cm³/mol. The largest absolute Gasteiger partial charge is 0.381 e. The lowest BCUT2D eigenvalue weighted by atomic mass is 10.1. The van der Waals surface area contributed by atoms with Crippen LogP contribution in [0.5, 0.6) is 0 Å². The number of hydrogen-bond acceptors (Lipinski definition) is 9. The van der Waals surface area contributed by atoms with Crippen LogP contribution in [0.25, 0.3) is 22.3 Å². The molecule has 168 valence electrons. The smallest absolute Gasteiger partial charge is 0.154 e. The van der Waals surface area contributed by atoms with Gasteiger partial charge in [-0.1, -0.05) is 0 Å². The van der Waals surface area contributed by atoms with Crippen molar-refractivity contribution in [3.63, 3.8) is 0 Å². The van der Waals surface area contributed by atoms with Crippen LogP contribution in [0.1, 0.15) is 12.8 Å². The molecule has 3 aromatic heterocycles. The van der Waals surface area contributed by atoms with Crippen LogP contribution in [0.3, 0.4) is 0 Å². The van der Waals surface area contributed by atoms with Gasteiger partial charge in [0.05, 0.1) is 23.9 Å². The highest BCUT2D eigenvalue weighted by Crippen LogP contribution is 2.27. The number of pyridine rings is 2. The molecule has 2 N–H and O–H groups in total. The minimum Gasteiger partial charge on any atom is -0.381 e. The molecular formula is C23H29N7O2. The van der Waals surface area contributed by atoms with E-state index in [0.29, 0.717) is 18.4 Å². The van der Waals surface area contributed by atoms with E-state index in [4.69, 9.17) is 19.4 Å². The van der Waals surface area contributed by atoms with Gasteiger partial charge in [0.1, 0.15) is 11.3 Å². The van der Waals surface area contributed by atoms with Gasteiger partial charge in [0.2, 0.25) is 0 Å². The van der Waals surface area contributed by atoms with Crippen molar-refractivity contribution in [2.24, 2.45) is 0 Å². The molecule has 5 rings (SSSR count). The second kappa shape index (κ2) is 9.72. The van der Waals surface area contributed by atoms with E-state index in [1.54, 1.807) is 12.4 Å². The molecule has 2 aliphatic rings. The Morgan fingerprint density at radius 2 is 2.00 bits per heavy atom. The van der Waals surface area contributed by atoms with Gasteiger partial charge in [0.25, 0.3) is 0 Å². The third-order valence-electron chi connectivity index (χ3n) is 6.10. The van der Waals surface area contributed by atoms with Crippen molar-refractivity contribution >= 4 is 22.7 Å². The number of fused-ring (bicyclic) bond motifs is 1. The number of anilines is 2. The Balaban J connectivity index is 1.38. The molecule has 1 atom stereocenters. The Labute approximate surface area is 187 Å². The molecule has 0 spiro atoms. The van der Waals surface area contributed by atoms with Crippen molar-refractivity contribution in [3.8, 4) is 11.3 Å². The van der Waals surface area contributed by atoms with Crippen LogP contribution in [-0.4, -0.2) is 78.6 Å². The summed E-state index contributed by atoms with van der Waals surface area (Å²) >= 11 is 0. The van der Waals surface area contributed by atoms with E-state index >= 15 is 0 Å². The summed E-state index contributed by atoms with van der Waals surface area (Å²) < 4.78 is 11.3. The van der Waals surface area contributed by atoms with Gasteiger partial charge in [0.15, 0.2) is 5.82 Å². The maximum atomic E-state index is 5.80. The van der Waals surface area contributed by atoms with Gasteiger partial charge in [-0.25, -0.2) is 15.0 Å². The number of aromatic nitrogens is 4. The highest BCUT2D eigenvalue weighted by Gasteiger charge is 2.20. The van der Waals surface area contributed by atoms with Crippen LogP contribution in [0.4, 0.5) is 11.6 Å². The molecule has 9 nitrogen and oxygen atoms in total. The molecule has 32 heavy (non-hydrogen) atoms. The fourth-order valence-electron chi connectivity index (χ4n) is 4.21. The molecule has 0 radical (unpaired) electrons. The first-order chi connectivity index (χ1) is 15.8. The third kappa shape index (κ3) is 4.64. The van der Waals surface area contributed by atoms with Crippen LogP contribution in [0.15, 0.2) is 36.8 Å². The van der Waals surface area contributed by atoms with Gasteiger partial charge in [-0.15, -0.1) is 0 Å². The molecule has 0 bridgehead atoms. The quantitative estimate of drug-likeness (QED) is 0.603. The molecule has 0 aliphatic carbocycles. The monoisotopic (exact) mass is 435 g/mol. The second-order valence-electron chi connectivity index (χ2n) is 8.22. The van der Waals surface area contributed by atoms with E-state index in [2.05, 4.69) is 44.7 Å². The van der Waals surface area contributed by atoms with Gasteiger partial charge < -0.3 is 25.0 Å². The number of morpholine rings is 1. The summed E-state index contributed by atoms with van der Waals surface area (Å²) in [6.07, 6.45) is 7.43. The fraction of sp³-hybridized carbons (Fsp3) is 0.478. The third-order valence-corrected chi connectivity index (χ3v) is 6.10.